The number of oxazole rings is 1. The summed E-state index contributed by atoms with van der Waals surface area (Å²) in [5.74, 6) is 0.605. The Bertz CT molecular complexity index is 961. The number of rotatable bonds is 2. The highest BCUT2D eigenvalue weighted by molar-refractivity contribution is 7.18. The number of fused-ring (bicyclic) bond motifs is 2. The van der Waals surface area contributed by atoms with Crippen LogP contribution in [0.1, 0.15) is 5.01 Å². The van der Waals surface area contributed by atoms with Crippen molar-refractivity contribution in [1.29, 1.82) is 5.26 Å². The number of nitriles is 1. The third-order valence-electron chi connectivity index (χ3n) is 3.20. The number of thiazole rings is 1. The molecule has 4 aromatic rings. The van der Waals surface area contributed by atoms with Gasteiger partial charge in [0.25, 0.3) is 0 Å². The lowest BCUT2D eigenvalue weighted by Gasteiger charge is -1.94. The fourth-order valence-electron chi connectivity index (χ4n) is 2.24. The third-order valence-corrected chi connectivity index (χ3v) is 4.22. The smallest absolute Gasteiger partial charge is 0.227 e. The molecule has 4 nitrogen and oxygen atoms in total. The van der Waals surface area contributed by atoms with Gasteiger partial charge in [-0.3, -0.25) is 0 Å². The van der Waals surface area contributed by atoms with Crippen molar-refractivity contribution in [3.8, 4) is 17.5 Å². The van der Waals surface area contributed by atoms with E-state index < -0.39 is 0 Å². The Morgan fingerprint density at radius 2 is 2.00 bits per heavy atom. The summed E-state index contributed by atoms with van der Waals surface area (Å²) in [6.07, 6.45) is 0.345. The van der Waals surface area contributed by atoms with Crippen molar-refractivity contribution in [2.45, 2.75) is 6.42 Å². The zero-order valence-corrected chi connectivity index (χ0v) is 11.7. The van der Waals surface area contributed by atoms with Gasteiger partial charge in [-0.2, -0.15) is 5.26 Å². The minimum absolute atomic E-state index is 0.345. The Morgan fingerprint density at radius 1 is 1.10 bits per heavy atom. The molecule has 0 N–H and O–H groups in total. The molecule has 4 rings (SSSR count). The fourth-order valence-corrected chi connectivity index (χ4v) is 3.18. The van der Waals surface area contributed by atoms with Crippen LogP contribution < -0.4 is 0 Å². The highest BCUT2D eigenvalue weighted by atomic mass is 32.1. The van der Waals surface area contributed by atoms with Gasteiger partial charge in [-0.15, -0.1) is 11.3 Å². The van der Waals surface area contributed by atoms with Gasteiger partial charge in [-0.05, 0) is 30.3 Å². The second-order valence-corrected chi connectivity index (χ2v) is 5.73. The lowest BCUT2D eigenvalue weighted by molar-refractivity contribution is 0.620. The molecule has 0 amide bonds. The van der Waals surface area contributed by atoms with Crippen molar-refractivity contribution < 1.29 is 4.42 Å². The average molecular weight is 291 g/mol. The van der Waals surface area contributed by atoms with Crippen LogP contribution >= 0.6 is 11.3 Å². The van der Waals surface area contributed by atoms with E-state index in [1.807, 2.05) is 42.5 Å². The molecule has 2 heterocycles. The molecule has 0 spiro atoms. The summed E-state index contributed by atoms with van der Waals surface area (Å²) in [6.45, 7) is 0. The number of hydrogen-bond donors (Lipinski definition) is 0. The first-order chi connectivity index (χ1) is 10.3. The molecule has 0 bridgehead atoms. The first-order valence-electron chi connectivity index (χ1n) is 6.46. The average Bonchev–Trinajstić information content (AvgIpc) is 3.09. The predicted molar refractivity (Wildman–Crippen MR) is 81.9 cm³/mol. The Kier molecular flexibility index (Phi) is 2.69. The van der Waals surface area contributed by atoms with Gasteiger partial charge >= 0.3 is 0 Å². The SMILES string of the molecule is N#CCc1nc2ccc(-c3nc4ccccc4o3)cc2s1. The van der Waals surface area contributed by atoms with Crippen molar-refractivity contribution in [2.24, 2.45) is 0 Å². The van der Waals surface area contributed by atoms with E-state index in [9.17, 15) is 0 Å². The largest absolute Gasteiger partial charge is 0.436 e. The van der Waals surface area contributed by atoms with Crippen molar-refractivity contribution in [1.82, 2.24) is 9.97 Å². The highest BCUT2D eigenvalue weighted by Gasteiger charge is 2.10. The molecule has 0 radical (unpaired) electrons. The first kappa shape index (κ1) is 12.1. The van der Waals surface area contributed by atoms with Gasteiger partial charge in [-0.25, -0.2) is 9.97 Å². The van der Waals surface area contributed by atoms with Crippen LogP contribution in [-0.2, 0) is 6.42 Å². The standard InChI is InChI=1S/C16H9N3OS/c17-8-7-15-18-12-6-5-10(9-14(12)21-15)16-19-11-3-1-2-4-13(11)20-16/h1-6,9H,7H2. The molecule has 0 atom stereocenters. The maximum Gasteiger partial charge on any atom is 0.227 e. The van der Waals surface area contributed by atoms with E-state index in [-0.39, 0.29) is 0 Å². The zero-order chi connectivity index (χ0) is 14.2. The van der Waals surface area contributed by atoms with Crippen LogP contribution in [0.3, 0.4) is 0 Å². The maximum absolute atomic E-state index is 8.75. The summed E-state index contributed by atoms with van der Waals surface area (Å²) in [6, 6.07) is 15.7. The molecule has 0 saturated carbocycles. The first-order valence-corrected chi connectivity index (χ1v) is 7.27. The Morgan fingerprint density at radius 3 is 2.86 bits per heavy atom. The van der Waals surface area contributed by atoms with Crippen LogP contribution in [0, 0.1) is 11.3 Å². The molecule has 0 saturated heterocycles. The summed E-state index contributed by atoms with van der Waals surface area (Å²) in [5, 5.41) is 9.59. The lowest BCUT2D eigenvalue weighted by atomic mass is 10.2. The summed E-state index contributed by atoms with van der Waals surface area (Å²) < 4.78 is 6.82. The number of aromatic nitrogens is 2. The van der Waals surface area contributed by atoms with Crippen LogP contribution in [0.15, 0.2) is 46.9 Å². The molecule has 5 heteroatoms. The van der Waals surface area contributed by atoms with E-state index in [1.54, 1.807) is 0 Å². The van der Waals surface area contributed by atoms with Crippen molar-refractivity contribution >= 4 is 32.7 Å². The van der Waals surface area contributed by atoms with Crippen molar-refractivity contribution in [3.05, 3.63) is 47.5 Å². The minimum atomic E-state index is 0.345. The summed E-state index contributed by atoms with van der Waals surface area (Å²) >= 11 is 1.53. The Hall–Kier alpha value is -2.71. The van der Waals surface area contributed by atoms with Gasteiger partial charge in [0.05, 0.1) is 22.7 Å². The number of hydrogen-bond acceptors (Lipinski definition) is 5. The molecular weight excluding hydrogens is 282 g/mol. The lowest BCUT2D eigenvalue weighted by Crippen LogP contribution is -1.78. The number of nitrogens with zero attached hydrogens (tertiary/aromatic N) is 3. The van der Waals surface area contributed by atoms with Gasteiger partial charge in [0.1, 0.15) is 10.5 Å². The Balaban J connectivity index is 1.84. The van der Waals surface area contributed by atoms with E-state index in [1.165, 1.54) is 11.3 Å². The van der Waals surface area contributed by atoms with Crippen LogP contribution in [-0.4, -0.2) is 9.97 Å². The molecule has 0 aliphatic rings. The molecule has 21 heavy (non-hydrogen) atoms. The predicted octanol–water partition coefficient (Wildman–Crippen LogP) is 4.17. The van der Waals surface area contributed by atoms with Crippen LogP contribution in [0.5, 0.6) is 0 Å². The fraction of sp³-hybridized carbons (Fsp3) is 0.0625. The van der Waals surface area contributed by atoms with Crippen LogP contribution in [0.4, 0.5) is 0 Å². The molecule has 0 unspecified atom stereocenters. The van der Waals surface area contributed by atoms with Crippen molar-refractivity contribution in [2.75, 3.05) is 0 Å². The zero-order valence-electron chi connectivity index (χ0n) is 10.9. The monoisotopic (exact) mass is 291 g/mol. The van der Waals surface area contributed by atoms with E-state index in [2.05, 4.69) is 16.0 Å². The maximum atomic E-state index is 8.75. The van der Waals surface area contributed by atoms with Gasteiger partial charge in [-0.1, -0.05) is 12.1 Å². The summed E-state index contributed by atoms with van der Waals surface area (Å²) in [7, 11) is 0. The summed E-state index contributed by atoms with van der Waals surface area (Å²) in [5.41, 5.74) is 3.46. The van der Waals surface area contributed by atoms with E-state index in [4.69, 9.17) is 9.68 Å². The van der Waals surface area contributed by atoms with Crippen molar-refractivity contribution in [3.63, 3.8) is 0 Å². The van der Waals surface area contributed by atoms with Crippen LogP contribution in [0.25, 0.3) is 32.8 Å². The van der Waals surface area contributed by atoms with Crippen LogP contribution in [0.2, 0.25) is 0 Å². The van der Waals surface area contributed by atoms with Gasteiger partial charge in [0.2, 0.25) is 5.89 Å². The number of benzene rings is 2. The van der Waals surface area contributed by atoms with E-state index >= 15 is 0 Å². The topological polar surface area (TPSA) is 62.7 Å². The van der Waals surface area contributed by atoms with Gasteiger partial charge in [0.15, 0.2) is 5.58 Å². The van der Waals surface area contributed by atoms with Gasteiger partial charge in [0, 0.05) is 5.56 Å². The Labute approximate surface area is 124 Å². The van der Waals surface area contributed by atoms with Gasteiger partial charge < -0.3 is 4.42 Å². The third kappa shape index (κ3) is 2.06. The number of para-hydroxylation sites is 2. The summed E-state index contributed by atoms with van der Waals surface area (Å²) in [4.78, 5) is 8.92. The van der Waals surface area contributed by atoms with E-state index in [0.717, 1.165) is 31.9 Å². The molecule has 0 fully saturated rings. The molecular formula is C16H9N3OS. The second-order valence-electron chi connectivity index (χ2n) is 4.61. The molecule has 100 valence electrons. The van der Waals surface area contributed by atoms with E-state index in [0.29, 0.717) is 12.3 Å². The second kappa shape index (κ2) is 4.69. The minimum Gasteiger partial charge on any atom is -0.436 e. The molecule has 0 aliphatic carbocycles. The molecule has 2 aromatic heterocycles. The normalized spacial score (nSPS) is 11.0. The molecule has 0 aliphatic heterocycles. The highest BCUT2D eigenvalue weighted by Crippen LogP contribution is 2.29. The quantitative estimate of drug-likeness (QED) is 0.556. The molecule has 2 aromatic carbocycles.